The van der Waals surface area contributed by atoms with Crippen LogP contribution >= 0.6 is 12.6 Å². The van der Waals surface area contributed by atoms with Gasteiger partial charge in [-0.2, -0.15) is 12.6 Å². The maximum absolute atomic E-state index is 11.3. The van der Waals surface area contributed by atoms with Gasteiger partial charge in [0.25, 0.3) is 0 Å². The molecule has 3 nitrogen and oxygen atoms in total. The second-order valence-corrected chi connectivity index (χ2v) is 5.02. The smallest absolute Gasteiger partial charge is 0.318 e. The number of hydrogen-bond donors (Lipinski definition) is 1. The maximum atomic E-state index is 11.3. The Bertz CT molecular complexity index is 231. The Kier molecular flexibility index (Phi) is 4.46. The lowest BCUT2D eigenvalue weighted by Crippen LogP contribution is -2.41. The van der Waals surface area contributed by atoms with E-state index in [4.69, 9.17) is 4.74 Å². The van der Waals surface area contributed by atoms with Crippen molar-refractivity contribution in [3.63, 3.8) is 0 Å². The minimum Gasteiger partial charge on any atom is -0.468 e. The van der Waals surface area contributed by atoms with E-state index in [1.807, 2.05) is 0 Å². The van der Waals surface area contributed by atoms with Crippen LogP contribution in [0.5, 0.6) is 0 Å². The molecule has 1 rings (SSSR count). The van der Waals surface area contributed by atoms with E-state index in [1.165, 1.54) is 20.0 Å². The van der Waals surface area contributed by atoms with E-state index in [1.54, 1.807) is 0 Å². The Morgan fingerprint density at radius 2 is 2.00 bits per heavy atom. The van der Waals surface area contributed by atoms with Gasteiger partial charge in [0.15, 0.2) is 0 Å². The van der Waals surface area contributed by atoms with Gasteiger partial charge in [0.05, 0.1) is 7.11 Å². The third kappa shape index (κ3) is 3.11. The zero-order valence-corrected chi connectivity index (χ0v) is 10.8. The van der Waals surface area contributed by atoms with Crippen molar-refractivity contribution in [3.05, 3.63) is 0 Å². The Morgan fingerprint density at radius 3 is 2.40 bits per heavy atom. The predicted octanol–water partition coefficient (Wildman–Crippen LogP) is 1.58. The van der Waals surface area contributed by atoms with Crippen LogP contribution in [0.4, 0.5) is 0 Å². The summed E-state index contributed by atoms with van der Waals surface area (Å²) in [6, 6.07) is 1.07. The fourth-order valence-electron chi connectivity index (χ4n) is 1.78. The molecule has 0 N–H and O–H groups in total. The molecule has 2 unspecified atom stereocenters. The van der Waals surface area contributed by atoms with Crippen molar-refractivity contribution in [2.75, 3.05) is 14.2 Å². The molecule has 0 radical (unpaired) electrons. The van der Waals surface area contributed by atoms with Gasteiger partial charge in [0.2, 0.25) is 0 Å². The Balaban J connectivity index is 2.50. The number of carbonyl (C=O) groups is 1. The summed E-state index contributed by atoms with van der Waals surface area (Å²) in [6.45, 7) is 4.20. The molecular formula is C11H21NO2S. The van der Waals surface area contributed by atoms with E-state index < -0.39 is 0 Å². The number of thiol groups is 1. The van der Waals surface area contributed by atoms with Crippen molar-refractivity contribution < 1.29 is 9.53 Å². The fourth-order valence-corrected chi connectivity index (χ4v) is 2.14. The molecule has 0 amide bonds. The molecule has 3 atom stereocenters. The summed E-state index contributed by atoms with van der Waals surface area (Å²) < 4.78 is 4.71. The van der Waals surface area contributed by atoms with Gasteiger partial charge in [0.1, 0.15) is 5.25 Å². The summed E-state index contributed by atoms with van der Waals surface area (Å²) in [7, 11) is 3.53. The summed E-state index contributed by atoms with van der Waals surface area (Å²) in [5.74, 6) is -0.0340. The van der Waals surface area contributed by atoms with Crippen LogP contribution < -0.4 is 0 Å². The highest BCUT2D eigenvalue weighted by atomic mass is 32.1. The van der Waals surface area contributed by atoms with E-state index in [2.05, 4.69) is 38.4 Å². The van der Waals surface area contributed by atoms with Crippen LogP contribution in [0.15, 0.2) is 0 Å². The van der Waals surface area contributed by atoms with E-state index >= 15 is 0 Å². The number of hydrogen-bond acceptors (Lipinski definition) is 4. The van der Waals surface area contributed by atoms with Crippen LogP contribution in [0.3, 0.4) is 0 Å². The molecule has 88 valence electrons. The largest absolute Gasteiger partial charge is 0.468 e. The Morgan fingerprint density at radius 1 is 1.47 bits per heavy atom. The first-order valence-electron chi connectivity index (χ1n) is 5.46. The Labute approximate surface area is 97.6 Å². The van der Waals surface area contributed by atoms with Gasteiger partial charge in [-0.1, -0.05) is 6.92 Å². The highest BCUT2D eigenvalue weighted by Crippen LogP contribution is 2.30. The third-order valence-electron chi connectivity index (χ3n) is 3.47. The first-order valence-corrected chi connectivity index (χ1v) is 5.98. The van der Waals surface area contributed by atoms with Crippen LogP contribution in [0.1, 0.15) is 26.7 Å². The summed E-state index contributed by atoms with van der Waals surface area (Å²) in [5, 5.41) is -0.328. The second kappa shape index (κ2) is 5.21. The van der Waals surface area contributed by atoms with Crippen LogP contribution in [-0.4, -0.2) is 42.4 Å². The highest BCUT2D eigenvalue weighted by molar-refractivity contribution is 7.81. The van der Waals surface area contributed by atoms with Gasteiger partial charge < -0.3 is 9.64 Å². The van der Waals surface area contributed by atoms with Crippen LogP contribution in [-0.2, 0) is 9.53 Å². The lowest BCUT2D eigenvalue weighted by atomic mass is 9.98. The first-order chi connectivity index (χ1) is 6.99. The molecule has 1 aliphatic carbocycles. The van der Waals surface area contributed by atoms with Crippen molar-refractivity contribution in [2.45, 2.75) is 44.0 Å². The van der Waals surface area contributed by atoms with Crippen LogP contribution in [0.25, 0.3) is 0 Å². The standard InChI is InChI=1S/C11H21NO2S/c1-7(10(15)11(13)14-4)8(2)12(3)9-5-6-9/h7-10,15H,5-6H2,1-4H3/t7-,8?,10?/m1/s1. The molecule has 0 aliphatic heterocycles. The lowest BCUT2D eigenvalue weighted by Gasteiger charge is -2.31. The summed E-state index contributed by atoms with van der Waals surface area (Å²) in [4.78, 5) is 13.7. The number of rotatable bonds is 5. The second-order valence-electron chi connectivity index (χ2n) is 4.46. The van der Waals surface area contributed by atoms with Crippen molar-refractivity contribution in [2.24, 2.45) is 5.92 Å². The summed E-state index contributed by atoms with van der Waals surface area (Å²) in [6.07, 6.45) is 2.56. The van der Waals surface area contributed by atoms with Gasteiger partial charge in [-0.25, -0.2) is 0 Å². The van der Waals surface area contributed by atoms with Gasteiger partial charge >= 0.3 is 5.97 Å². The quantitative estimate of drug-likeness (QED) is 0.575. The van der Waals surface area contributed by atoms with Crippen molar-refractivity contribution >= 4 is 18.6 Å². The topological polar surface area (TPSA) is 29.5 Å². The molecule has 1 saturated carbocycles. The molecule has 0 aromatic heterocycles. The molecule has 1 fully saturated rings. The molecular weight excluding hydrogens is 210 g/mol. The third-order valence-corrected chi connectivity index (χ3v) is 4.15. The summed E-state index contributed by atoms with van der Waals surface area (Å²) in [5.41, 5.74) is 0. The lowest BCUT2D eigenvalue weighted by molar-refractivity contribution is -0.141. The average Bonchev–Trinajstić information content (AvgIpc) is 3.07. The molecule has 15 heavy (non-hydrogen) atoms. The first kappa shape index (κ1) is 12.8. The van der Waals surface area contributed by atoms with Gasteiger partial charge in [-0.05, 0) is 32.7 Å². The van der Waals surface area contributed by atoms with Gasteiger partial charge in [-0.15, -0.1) is 0 Å². The number of methoxy groups -OCH3 is 1. The minimum absolute atomic E-state index is 0.200. The summed E-state index contributed by atoms with van der Waals surface area (Å²) >= 11 is 4.32. The van der Waals surface area contributed by atoms with E-state index in [0.29, 0.717) is 12.1 Å². The molecule has 1 aliphatic rings. The Hall–Kier alpha value is -0.220. The van der Waals surface area contributed by atoms with Crippen LogP contribution in [0.2, 0.25) is 0 Å². The fraction of sp³-hybridized carbons (Fsp3) is 0.909. The van der Waals surface area contributed by atoms with Crippen molar-refractivity contribution in [1.82, 2.24) is 4.90 Å². The van der Waals surface area contributed by atoms with E-state index in [9.17, 15) is 4.79 Å². The normalized spacial score (nSPS) is 22.3. The number of ether oxygens (including phenoxy) is 1. The zero-order valence-electron chi connectivity index (χ0n) is 9.93. The average molecular weight is 231 g/mol. The number of carbonyl (C=O) groups excluding carboxylic acids is 1. The molecule has 0 heterocycles. The predicted molar refractivity (Wildman–Crippen MR) is 64.2 cm³/mol. The SMILES string of the molecule is COC(=O)C(S)[C@H](C)C(C)N(C)C1CC1. The molecule has 0 saturated heterocycles. The number of nitrogens with zero attached hydrogens (tertiary/aromatic N) is 1. The molecule has 0 aromatic rings. The highest BCUT2D eigenvalue weighted by Gasteiger charge is 2.35. The van der Waals surface area contributed by atoms with Gasteiger partial charge in [0, 0.05) is 12.1 Å². The van der Waals surface area contributed by atoms with Crippen molar-refractivity contribution in [3.8, 4) is 0 Å². The zero-order chi connectivity index (χ0) is 11.6. The molecule has 0 bridgehead atoms. The molecule has 0 spiro atoms. The van der Waals surface area contributed by atoms with E-state index in [0.717, 1.165) is 0 Å². The van der Waals surface area contributed by atoms with Gasteiger partial charge in [-0.3, -0.25) is 4.79 Å². The maximum Gasteiger partial charge on any atom is 0.318 e. The van der Waals surface area contributed by atoms with Crippen LogP contribution in [0, 0.1) is 5.92 Å². The van der Waals surface area contributed by atoms with Crippen molar-refractivity contribution in [1.29, 1.82) is 0 Å². The monoisotopic (exact) mass is 231 g/mol. The number of esters is 1. The minimum atomic E-state index is -0.328. The molecule has 4 heteroatoms. The molecule has 0 aromatic carbocycles. The van der Waals surface area contributed by atoms with E-state index in [-0.39, 0.29) is 17.1 Å².